The highest BCUT2D eigenvalue weighted by atomic mass is 35.5. The summed E-state index contributed by atoms with van der Waals surface area (Å²) in [5.74, 6) is 1.33. The van der Waals surface area contributed by atoms with Crippen LogP contribution in [0, 0.1) is 5.92 Å². The van der Waals surface area contributed by atoms with E-state index in [-0.39, 0.29) is 0 Å². The van der Waals surface area contributed by atoms with E-state index in [1.165, 1.54) is 32.2 Å². The van der Waals surface area contributed by atoms with Gasteiger partial charge in [0.2, 0.25) is 0 Å². The molecule has 0 spiro atoms. The van der Waals surface area contributed by atoms with E-state index in [0.29, 0.717) is 18.4 Å². The van der Waals surface area contributed by atoms with Crippen LogP contribution < -0.4 is 5.73 Å². The van der Waals surface area contributed by atoms with Crippen LogP contribution in [0.25, 0.3) is 15.3 Å². The summed E-state index contributed by atoms with van der Waals surface area (Å²) in [6, 6.07) is 19.3. The normalized spacial score (nSPS) is 11.4. The molecule has 3 aromatic rings. The maximum absolute atomic E-state index is 6.13. The lowest BCUT2D eigenvalue weighted by molar-refractivity contribution is 0.648. The number of benzene rings is 2. The number of allylic oxidation sites excluding steroid dienone is 3. The summed E-state index contributed by atoms with van der Waals surface area (Å²) in [6.07, 6.45) is 10.6. The summed E-state index contributed by atoms with van der Waals surface area (Å²) >= 11 is 9.76. The predicted octanol–water partition coefficient (Wildman–Crippen LogP) is 11.2. The third-order valence-corrected chi connectivity index (χ3v) is 7.92. The Morgan fingerprint density at radius 3 is 2.22 bits per heavy atom. The van der Waals surface area contributed by atoms with E-state index >= 15 is 0 Å². The highest BCUT2D eigenvalue weighted by Gasteiger charge is 2.10. The number of thiophene rings is 1. The number of hydrogen-bond donors (Lipinski definition) is 1. The SMILES string of the molecule is CC(C)Cc1ccccc1-c1ccc(C(C)C)s1.CC=C/C=C(\SC)c1cccc(Cl)c1CN.CCC. The highest BCUT2D eigenvalue weighted by molar-refractivity contribution is 8.07. The molecule has 0 saturated heterocycles. The molecule has 202 valence electrons. The minimum absolute atomic E-state index is 0.461. The van der Waals surface area contributed by atoms with Crippen molar-refractivity contribution in [3.8, 4) is 10.4 Å². The molecule has 0 aliphatic heterocycles. The third-order valence-electron chi connectivity index (χ3n) is 5.36. The molecule has 0 unspecified atom stereocenters. The zero-order chi connectivity index (χ0) is 27.8. The fraction of sp³-hybridized carbons (Fsp3) is 0.394. The van der Waals surface area contributed by atoms with Crippen LogP contribution in [0.4, 0.5) is 0 Å². The molecule has 0 aliphatic rings. The van der Waals surface area contributed by atoms with Crippen LogP contribution in [-0.4, -0.2) is 6.26 Å². The number of hydrogen-bond acceptors (Lipinski definition) is 3. The van der Waals surface area contributed by atoms with Gasteiger partial charge in [-0.05, 0) is 78.0 Å². The number of rotatable bonds is 8. The second kappa shape index (κ2) is 18.5. The molecule has 0 saturated carbocycles. The topological polar surface area (TPSA) is 26.0 Å². The summed E-state index contributed by atoms with van der Waals surface area (Å²) in [7, 11) is 0. The number of halogens is 1. The van der Waals surface area contributed by atoms with E-state index in [9.17, 15) is 0 Å². The molecule has 37 heavy (non-hydrogen) atoms. The van der Waals surface area contributed by atoms with Gasteiger partial charge < -0.3 is 5.73 Å². The van der Waals surface area contributed by atoms with Crippen molar-refractivity contribution in [1.82, 2.24) is 0 Å². The Bertz CT molecular complexity index is 1110. The highest BCUT2D eigenvalue weighted by Crippen LogP contribution is 2.35. The van der Waals surface area contributed by atoms with Crippen LogP contribution in [0.1, 0.15) is 82.4 Å². The second-order valence-electron chi connectivity index (χ2n) is 9.55. The van der Waals surface area contributed by atoms with E-state index in [2.05, 4.69) is 96.3 Å². The molecular weight excluding hydrogens is 510 g/mol. The maximum atomic E-state index is 6.13. The molecule has 0 aliphatic carbocycles. The first-order valence-electron chi connectivity index (χ1n) is 13.3. The molecule has 0 fully saturated rings. The molecule has 0 radical (unpaired) electrons. The zero-order valence-corrected chi connectivity index (χ0v) is 26.4. The van der Waals surface area contributed by atoms with Gasteiger partial charge in [0, 0.05) is 26.2 Å². The van der Waals surface area contributed by atoms with Crippen molar-refractivity contribution < 1.29 is 0 Å². The molecule has 0 amide bonds. The molecule has 1 nitrogen and oxygen atoms in total. The first-order valence-corrected chi connectivity index (χ1v) is 15.7. The van der Waals surface area contributed by atoms with Crippen molar-refractivity contribution in [2.45, 2.75) is 73.8 Å². The average Bonchev–Trinajstić information content (AvgIpc) is 3.36. The summed E-state index contributed by atoms with van der Waals surface area (Å²) in [4.78, 5) is 4.07. The van der Waals surface area contributed by atoms with Gasteiger partial charge in [-0.3, -0.25) is 0 Å². The Balaban J connectivity index is 0.000000337. The standard InChI is InChI=1S/C17H22S.C13H16ClNS.C3H8/c1-12(2)11-14-7-5-6-8-15(14)17-10-9-16(18-17)13(3)4;1-3-4-8-13(16-2)10-6-5-7-12(14)11(10)9-15;1-3-2/h5-10,12-13H,11H2,1-4H3;3-8H,9,15H2,1-2H3;3H2,1-2H3/b;4-3?,13-8-;. The third kappa shape index (κ3) is 11.2. The fourth-order valence-electron chi connectivity index (χ4n) is 3.63. The van der Waals surface area contributed by atoms with E-state index < -0.39 is 0 Å². The van der Waals surface area contributed by atoms with Crippen LogP contribution in [0.2, 0.25) is 5.02 Å². The van der Waals surface area contributed by atoms with Crippen molar-refractivity contribution in [2.75, 3.05) is 6.26 Å². The van der Waals surface area contributed by atoms with Crippen LogP contribution in [0.3, 0.4) is 0 Å². The Kier molecular flexibility index (Phi) is 16.6. The van der Waals surface area contributed by atoms with Gasteiger partial charge >= 0.3 is 0 Å². The smallest absolute Gasteiger partial charge is 0.0457 e. The molecule has 3 rings (SSSR count). The first-order chi connectivity index (χ1) is 17.7. The van der Waals surface area contributed by atoms with Gasteiger partial charge in [-0.15, -0.1) is 23.1 Å². The Morgan fingerprint density at radius 2 is 1.68 bits per heavy atom. The molecular formula is C33H46ClNS2. The van der Waals surface area contributed by atoms with E-state index in [1.807, 2.05) is 42.5 Å². The fourth-order valence-corrected chi connectivity index (χ4v) is 5.58. The number of nitrogens with two attached hydrogens (primary N) is 1. The first kappa shape index (κ1) is 33.2. The largest absolute Gasteiger partial charge is 0.326 e. The molecule has 0 bridgehead atoms. The lowest BCUT2D eigenvalue weighted by Gasteiger charge is -2.11. The minimum Gasteiger partial charge on any atom is -0.326 e. The van der Waals surface area contributed by atoms with Gasteiger partial charge in [0.05, 0.1) is 0 Å². The summed E-state index contributed by atoms with van der Waals surface area (Å²) in [5, 5.41) is 0.737. The molecule has 2 N–H and O–H groups in total. The van der Waals surface area contributed by atoms with Gasteiger partial charge in [0.15, 0.2) is 0 Å². The quantitative estimate of drug-likeness (QED) is 0.279. The second-order valence-corrected chi connectivity index (χ2v) is 11.9. The average molecular weight is 556 g/mol. The monoisotopic (exact) mass is 555 g/mol. The van der Waals surface area contributed by atoms with Crippen molar-refractivity contribution >= 4 is 39.6 Å². The Hall–Kier alpha value is -1.78. The summed E-state index contributed by atoms with van der Waals surface area (Å²) < 4.78 is 0. The lowest BCUT2D eigenvalue weighted by atomic mass is 9.97. The van der Waals surface area contributed by atoms with E-state index in [1.54, 1.807) is 11.8 Å². The summed E-state index contributed by atoms with van der Waals surface area (Å²) in [5.41, 5.74) is 10.8. The van der Waals surface area contributed by atoms with Crippen LogP contribution in [-0.2, 0) is 13.0 Å². The van der Waals surface area contributed by atoms with E-state index in [4.69, 9.17) is 17.3 Å². The minimum atomic E-state index is 0.461. The molecule has 0 atom stereocenters. The predicted molar refractivity (Wildman–Crippen MR) is 174 cm³/mol. The lowest BCUT2D eigenvalue weighted by Crippen LogP contribution is -2.01. The molecule has 1 aromatic heterocycles. The van der Waals surface area contributed by atoms with Crippen molar-refractivity contribution in [2.24, 2.45) is 11.7 Å². The van der Waals surface area contributed by atoms with Gasteiger partial charge in [-0.25, -0.2) is 0 Å². The maximum Gasteiger partial charge on any atom is 0.0457 e. The van der Waals surface area contributed by atoms with Crippen molar-refractivity contribution in [3.05, 3.63) is 99.4 Å². The summed E-state index contributed by atoms with van der Waals surface area (Å²) in [6.45, 7) is 15.8. The Labute approximate surface area is 240 Å². The Morgan fingerprint density at radius 1 is 1.00 bits per heavy atom. The molecule has 2 aromatic carbocycles. The number of thioether (sulfide) groups is 1. The van der Waals surface area contributed by atoms with Crippen molar-refractivity contribution in [3.63, 3.8) is 0 Å². The van der Waals surface area contributed by atoms with Gasteiger partial charge in [-0.1, -0.05) is 108 Å². The van der Waals surface area contributed by atoms with Crippen LogP contribution in [0.15, 0.2) is 72.8 Å². The van der Waals surface area contributed by atoms with Crippen LogP contribution in [0.5, 0.6) is 0 Å². The van der Waals surface area contributed by atoms with Crippen molar-refractivity contribution in [1.29, 1.82) is 0 Å². The van der Waals surface area contributed by atoms with Gasteiger partial charge in [-0.2, -0.15) is 0 Å². The van der Waals surface area contributed by atoms with Crippen LogP contribution >= 0.6 is 34.7 Å². The van der Waals surface area contributed by atoms with E-state index in [0.717, 1.165) is 22.6 Å². The molecule has 4 heteroatoms. The van der Waals surface area contributed by atoms with Gasteiger partial charge in [0.25, 0.3) is 0 Å². The zero-order valence-electron chi connectivity index (χ0n) is 24.0. The molecule has 1 heterocycles. The van der Waals surface area contributed by atoms with Gasteiger partial charge in [0.1, 0.15) is 0 Å².